The summed E-state index contributed by atoms with van der Waals surface area (Å²) < 4.78 is 11.5. The van der Waals surface area contributed by atoms with Gasteiger partial charge in [0.2, 0.25) is 0 Å². The Morgan fingerprint density at radius 2 is 1.70 bits per heavy atom. The Balaban J connectivity index is 1.69. The van der Waals surface area contributed by atoms with Crippen molar-refractivity contribution in [1.82, 2.24) is 19.8 Å². The van der Waals surface area contributed by atoms with E-state index in [9.17, 15) is 4.79 Å². The van der Waals surface area contributed by atoms with E-state index in [-0.39, 0.29) is 12.5 Å². The predicted molar refractivity (Wildman–Crippen MR) is 159 cm³/mol. The van der Waals surface area contributed by atoms with Crippen LogP contribution in [0.2, 0.25) is 0 Å². The molecular weight excluding hydrogens is 502 g/mol. The van der Waals surface area contributed by atoms with Gasteiger partial charge in [-0.1, -0.05) is 43.5 Å². The van der Waals surface area contributed by atoms with Gasteiger partial charge in [-0.15, -0.1) is 0 Å². The molecule has 0 atom stereocenters. The van der Waals surface area contributed by atoms with Crippen molar-refractivity contribution in [3.8, 4) is 16.9 Å². The molecule has 1 aliphatic rings. The number of aromatic nitrogens is 2. The zero-order chi connectivity index (χ0) is 28.2. The Labute approximate surface area is 238 Å². The van der Waals surface area contributed by atoms with Crippen molar-refractivity contribution < 1.29 is 14.3 Å². The molecule has 0 saturated heterocycles. The third kappa shape index (κ3) is 8.58. The molecule has 8 nitrogen and oxygen atoms in total. The number of benzene rings is 2. The molecule has 0 saturated carbocycles. The fraction of sp³-hybridized carbons (Fsp3) is 0.469. The number of para-hydroxylation sites is 1. The van der Waals surface area contributed by atoms with E-state index in [1.165, 1.54) is 18.4 Å². The predicted octanol–water partition coefficient (Wildman–Crippen LogP) is 5.03. The van der Waals surface area contributed by atoms with Crippen molar-refractivity contribution >= 4 is 11.6 Å². The molecule has 1 aromatic heterocycles. The van der Waals surface area contributed by atoms with Crippen LogP contribution >= 0.6 is 0 Å². The number of nitrogens with zero attached hydrogens (tertiary/aromatic N) is 5. The van der Waals surface area contributed by atoms with Crippen LogP contribution in [0.25, 0.3) is 11.1 Å². The zero-order valence-corrected chi connectivity index (χ0v) is 24.2. The third-order valence-corrected chi connectivity index (χ3v) is 7.25. The van der Waals surface area contributed by atoms with Crippen LogP contribution in [0.1, 0.15) is 43.2 Å². The van der Waals surface area contributed by atoms with E-state index in [0.29, 0.717) is 19.7 Å². The Morgan fingerprint density at radius 1 is 0.950 bits per heavy atom. The van der Waals surface area contributed by atoms with Gasteiger partial charge in [-0.2, -0.15) is 0 Å². The first-order valence-electron chi connectivity index (χ1n) is 14.3. The minimum absolute atomic E-state index is 0.0113. The van der Waals surface area contributed by atoms with Crippen molar-refractivity contribution in [1.29, 1.82) is 0 Å². The largest absolute Gasteiger partial charge is 0.492 e. The highest BCUT2D eigenvalue weighted by atomic mass is 16.5. The fourth-order valence-electron chi connectivity index (χ4n) is 5.13. The molecule has 0 fully saturated rings. The topological polar surface area (TPSA) is 71.0 Å². The average Bonchev–Trinajstić information content (AvgIpc) is 2.95. The summed E-state index contributed by atoms with van der Waals surface area (Å²) in [4.78, 5) is 28.2. The summed E-state index contributed by atoms with van der Waals surface area (Å²) in [5.74, 6) is 0.922. The van der Waals surface area contributed by atoms with Crippen molar-refractivity contribution in [2.24, 2.45) is 0 Å². The number of hydrogen-bond acceptors (Lipinski definition) is 7. The van der Waals surface area contributed by atoms with E-state index in [4.69, 9.17) is 9.47 Å². The molecule has 1 aliphatic heterocycles. The van der Waals surface area contributed by atoms with E-state index < -0.39 is 0 Å². The molecular formula is C32H43N5O3. The minimum Gasteiger partial charge on any atom is -0.492 e. The lowest BCUT2D eigenvalue weighted by molar-refractivity contribution is -0.122. The van der Waals surface area contributed by atoms with Crippen LogP contribution in [0.5, 0.6) is 5.75 Å². The summed E-state index contributed by atoms with van der Waals surface area (Å²) in [6, 6.07) is 14.7. The first-order chi connectivity index (χ1) is 19.5. The summed E-state index contributed by atoms with van der Waals surface area (Å²) in [5.41, 5.74) is 5.23. The van der Waals surface area contributed by atoms with Crippen molar-refractivity contribution in [2.75, 3.05) is 59.0 Å². The molecule has 0 spiro atoms. The van der Waals surface area contributed by atoms with Crippen LogP contribution in [0.4, 0.5) is 5.69 Å². The quantitative estimate of drug-likeness (QED) is 0.374. The van der Waals surface area contributed by atoms with Gasteiger partial charge in [0.15, 0.2) is 0 Å². The highest BCUT2D eigenvalue weighted by Crippen LogP contribution is 2.31. The van der Waals surface area contributed by atoms with Crippen molar-refractivity contribution in [2.45, 2.75) is 45.2 Å². The Bertz CT molecular complexity index is 1200. The summed E-state index contributed by atoms with van der Waals surface area (Å²) in [6.45, 7) is 4.70. The van der Waals surface area contributed by atoms with Gasteiger partial charge < -0.3 is 19.3 Å². The summed E-state index contributed by atoms with van der Waals surface area (Å²) >= 11 is 0. The molecule has 0 unspecified atom stereocenters. The second kappa shape index (κ2) is 15.5. The molecule has 214 valence electrons. The van der Waals surface area contributed by atoms with E-state index >= 15 is 0 Å². The van der Waals surface area contributed by atoms with Crippen LogP contribution in [-0.2, 0) is 22.6 Å². The van der Waals surface area contributed by atoms with E-state index in [0.717, 1.165) is 67.0 Å². The second-order valence-electron chi connectivity index (χ2n) is 10.7. The van der Waals surface area contributed by atoms with Crippen LogP contribution in [0.3, 0.4) is 0 Å². The number of hydrogen-bond donors (Lipinski definition) is 0. The number of amides is 1. The lowest BCUT2D eigenvalue weighted by Gasteiger charge is -2.30. The molecule has 0 N–H and O–H groups in total. The molecule has 0 bridgehead atoms. The maximum atomic E-state index is 13.2. The maximum absolute atomic E-state index is 13.2. The number of methoxy groups -OCH3 is 1. The van der Waals surface area contributed by atoms with Crippen LogP contribution < -0.4 is 9.64 Å². The van der Waals surface area contributed by atoms with Gasteiger partial charge in [0.05, 0.1) is 0 Å². The number of rotatable bonds is 9. The number of carbonyl (C=O) groups is 1. The van der Waals surface area contributed by atoms with Gasteiger partial charge >= 0.3 is 0 Å². The third-order valence-electron chi connectivity index (χ3n) is 7.25. The van der Waals surface area contributed by atoms with Crippen LogP contribution in [-0.4, -0.2) is 79.7 Å². The van der Waals surface area contributed by atoms with Crippen molar-refractivity contribution in [3.63, 3.8) is 0 Å². The lowest BCUT2D eigenvalue weighted by Crippen LogP contribution is -2.36. The molecule has 40 heavy (non-hydrogen) atoms. The van der Waals surface area contributed by atoms with Gasteiger partial charge in [-0.25, -0.2) is 9.97 Å². The van der Waals surface area contributed by atoms with Gasteiger partial charge in [-0.05, 0) is 62.8 Å². The summed E-state index contributed by atoms with van der Waals surface area (Å²) in [6.07, 6.45) is 10.8. The first-order valence-corrected chi connectivity index (χ1v) is 14.3. The number of ether oxygens (including phenoxy) is 2. The molecule has 2 heterocycles. The Morgan fingerprint density at radius 3 is 2.48 bits per heavy atom. The average molecular weight is 546 g/mol. The summed E-state index contributed by atoms with van der Waals surface area (Å²) in [5, 5.41) is 0. The van der Waals surface area contributed by atoms with E-state index in [1.807, 2.05) is 23.4 Å². The molecule has 8 heteroatoms. The van der Waals surface area contributed by atoms with Gasteiger partial charge in [-0.3, -0.25) is 9.69 Å². The standard InChI is InChI=1S/C32H43N5O3/c1-35(2)17-18-40-31-12-8-7-11-27(31)22-36-15-9-5-4-6-10-16-37(32(38)24-39-3)30-14-13-26(19-28(30)23-36)29-20-33-25-34-21-29/h7-8,11-14,19-21,25H,4-6,9-10,15-18,22-24H2,1-3H3. The van der Waals surface area contributed by atoms with Gasteiger partial charge in [0.25, 0.3) is 5.91 Å². The molecule has 0 aliphatic carbocycles. The summed E-state index contributed by atoms with van der Waals surface area (Å²) in [7, 11) is 5.69. The van der Waals surface area contributed by atoms with Crippen LogP contribution in [0.15, 0.2) is 61.2 Å². The Kier molecular flexibility index (Phi) is 11.5. The van der Waals surface area contributed by atoms with Gasteiger partial charge in [0, 0.05) is 62.5 Å². The van der Waals surface area contributed by atoms with E-state index in [2.05, 4.69) is 70.3 Å². The fourth-order valence-corrected chi connectivity index (χ4v) is 5.13. The molecule has 2 aromatic carbocycles. The highest BCUT2D eigenvalue weighted by molar-refractivity contribution is 5.95. The van der Waals surface area contributed by atoms with Crippen LogP contribution in [0, 0.1) is 0 Å². The van der Waals surface area contributed by atoms with Crippen molar-refractivity contribution in [3.05, 3.63) is 72.3 Å². The minimum atomic E-state index is -0.0113. The zero-order valence-electron chi connectivity index (χ0n) is 24.2. The molecule has 1 amide bonds. The second-order valence-corrected chi connectivity index (χ2v) is 10.7. The van der Waals surface area contributed by atoms with E-state index in [1.54, 1.807) is 13.4 Å². The first kappa shape index (κ1) is 29.6. The number of fused-ring (bicyclic) bond motifs is 1. The smallest absolute Gasteiger partial charge is 0.252 e. The molecule has 0 radical (unpaired) electrons. The number of likely N-dealkylation sites (N-methyl/N-ethyl adjacent to an activating group) is 1. The van der Waals surface area contributed by atoms with Gasteiger partial charge in [0.1, 0.15) is 25.3 Å². The number of carbonyl (C=O) groups excluding carboxylic acids is 1. The number of anilines is 1. The lowest BCUT2D eigenvalue weighted by atomic mass is 10.0. The maximum Gasteiger partial charge on any atom is 0.252 e. The highest BCUT2D eigenvalue weighted by Gasteiger charge is 2.22. The Hall–Kier alpha value is -3.33. The molecule has 3 aromatic rings. The SMILES string of the molecule is COCC(=O)N1CCCCCCCN(Cc2ccccc2OCCN(C)C)Cc2cc(-c3cncnc3)ccc21. The normalized spacial score (nSPS) is 15.2. The molecule has 4 rings (SSSR count). The monoisotopic (exact) mass is 545 g/mol.